The van der Waals surface area contributed by atoms with Gasteiger partial charge in [-0.1, -0.05) is 60.7 Å². The van der Waals surface area contributed by atoms with Gasteiger partial charge in [0.15, 0.2) is 0 Å². The van der Waals surface area contributed by atoms with E-state index in [-0.39, 0.29) is 17.9 Å². The molecule has 45 heavy (non-hydrogen) atoms. The Bertz CT molecular complexity index is 1890. The fourth-order valence-corrected chi connectivity index (χ4v) is 5.95. The van der Waals surface area contributed by atoms with Crippen LogP contribution in [0.3, 0.4) is 0 Å². The molecule has 230 valence electrons. The van der Waals surface area contributed by atoms with Crippen molar-refractivity contribution >= 4 is 21.8 Å². The highest BCUT2D eigenvalue weighted by Crippen LogP contribution is 2.30. The Morgan fingerprint density at radius 3 is 1.64 bits per heavy atom. The second kappa shape index (κ2) is 14.8. The zero-order valence-electron chi connectivity index (χ0n) is 25.4. The van der Waals surface area contributed by atoms with Crippen molar-refractivity contribution in [2.75, 3.05) is 27.2 Å². The van der Waals surface area contributed by atoms with Crippen LogP contribution in [0.4, 0.5) is 4.39 Å². The van der Waals surface area contributed by atoms with Gasteiger partial charge in [-0.3, -0.25) is 0 Å². The Kier molecular flexibility index (Phi) is 10.4. The lowest BCUT2D eigenvalue weighted by Gasteiger charge is -2.26. The zero-order chi connectivity index (χ0) is 31.8. The molecule has 0 spiro atoms. The predicted molar refractivity (Wildman–Crippen MR) is 178 cm³/mol. The molecule has 7 nitrogen and oxygen atoms in total. The van der Waals surface area contributed by atoms with Crippen LogP contribution >= 0.6 is 0 Å². The third kappa shape index (κ3) is 7.14. The molecule has 0 saturated carbocycles. The van der Waals surface area contributed by atoms with E-state index >= 15 is 0 Å². The van der Waals surface area contributed by atoms with Gasteiger partial charge in [-0.2, -0.15) is 5.26 Å². The molecule has 4 N–H and O–H groups in total. The molecule has 4 atom stereocenters. The first kappa shape index (κ1) is 31.6. The standard InChI is InChI=1S/C19H19N3O.C18H19FN2O/c1-21-13-18(23)19(16-7-4-5-14(11-16)12-20)22-10-9-15-6-2-3-8-17(15)22;1-20-12-17(22)18(14-6-4-7-15(19)11-14)21-10-9-13-5-2-3-8-16(13)21/h2-11,18-19,21,23H,13H2,1H3;2-11,17-18,20,22H,12H2,1H3. The zero-order valence-corrected chi connectivity index (χ0v) is 25.4. The van der Waals surface area contributed by atoms with Gasteiger partial charge in [0.25, 0.3) is 0 Å². The van der Waals surface area contributed by atoms with Crippen LogP contribution in [0.25, 0.3) is 21.8 Å². The Labute approximate surface area is 262 Å². The lowest BCUT2D eigenvalue weighted by atomic mass is 9.99. The minimum Gasteiger partial charge on any atom is -0.389 e. The summed E-state index contributed by atoms with van der Waals surface area (Å²) >= 11 is 0. The summed E-state index contributed by atoms with van der Waals surface area (Å²) in [6.45, 7) is 0.891. The van der Waals surface area contributed by atoms with Gasteiger partial charge in [0.2, 0.25) is 0 Å². The number of rotatable bonds is 10. The molecule has 2 heterocycles. The molecule has 0 bridgehead atoms. The summed E-state index contributed by atoms with van der Waals surface area (Å²) in [7, 11) is 3.61. The van der Waals surface area contributed by atoms with Crippen molar-refractivity contribution in [3.8, 4) is 6.07 Å². The number of halogens is 1. The highest BCUT2D eigenvalue weighted by atomic mass is 19.1. The summed E-state index contributed by atoms with van der Waals surface area (Å²) in [5.74, 6) is -0.296. The summed E-state index contributed by atoms with van der Waals surface area (Å²) < 4.78 is 17.7. The molecule has 4 aromatic carbocycles. The maximum absolute atomic E-state index is 13.6. The molecular formula is C37H38FN5O2. The molecule has 0 amide bonds. The first-order valence-electron chi connectivity index (χ1n) is 15.0. The topological polar surface area (TPSA) is 98.2 Å². The molecule has 0 radical (unpaired) electrons. The van der Waals surface area contributed by atoms with Gasteiger partial charge in [0.1, 0.15) is 5.82 Å². The van der Waals surface area contributed by atoms with Gasteiger partial charge in [-0.15, -0.1) is 0 Å². The number of benzene rings is 4. The van der Waals surface area contributed by atoms with Crippen molar-refractivity contribution in [2.45, 2.75) is 24.3 Å². The molecule has 6 aromatic rings. The van der Waals surface area contributed by atoms with E-state index in [1.807, 2.05) is 103 Å². The number of aromatic nitrogens is 2. The van der Waals surface area contributed by atoms with E-state index in [2.05, 4.69) is 27.3 Å². The van der Waals surface area contributed by atoms with Crippen LogP contribution in [-0.4, -0.2) is 58.7 Å². The molecule has 8 heteroatoms. The first-order chi connectivity index (χ1) is 21.9. The van der Waals surface area contributed by atoms with E-state index in [4.69, 9.17) is 5.26 Å². The molecule has 0 aliphatic rings. The van der Waals surface area contributed by atoms with Crippen LogP contribution < -0.4 is 10.6 Å². The number of nitriles is 1. The van der Waals surface area contributed by atoms with Crippen molar-refractivity contribution < 1.29 is 14.6 Å². The molecule has 0 aliphatic heterocycles. The van der Waals surface area contributed by atoms with Crippen molar-refractivity contribution in [1.82, 2.24) is 19.8 Å². The number of para-hydroxylation sites is 2. The molecule has 6 rings (SSSR count). The highest BCUT2D eigenvalue weighted by Gasteiger charge is 2.25. The van der Waals surface area contributed by atoms with E-state index < -0.39 is 12.2 Å². The Balaban J connectivity index is 0.000000178. The lowest BCUT2D eigenvalue weighted by molar-refractivity contribution is 0.132. The molecule has 2 aromatic heterocycles. The van der Waals surface area contributed by atoms with E-state index in [9.17, 15) is 14.6 Å². The highest BCUT2D eigenvalue weighted by molar-refractivity contribution is 5.81. The predicted octanol–water partition coefficient (Wildman–Crippen LogP) is 5.63. The van der Waals surface area contributed by atoms with Gasteiger partial charge in [-0.05, 0) is 84.5 Å². The third-order valence-electron chi connectivity index (χ3n) is 7.96. The molecule has 0 aliphatic carbocycles. The van der Waals surface area contributed by atoms with Crippen LogP contribution in [0.15, 0.2) is 122 Å². The van der Waals surface area contributed by atoms with Crippen molar-refractivity contribution in [1.29, 1.82) is 5.26 Å². The second-order valence-electron chi connectivity index (χ2n) is 11.0. The smallest absolute Gasteiger partial charge is 0.123 e. The summed E-state index contributed by atoms with van der Waals surface area (Å²) in [6, 6.07) is 35.6. The average molecular weight is 604 g/mol. The summed E-state index contributed by atoms with van der Waals surface area (Å²) in [5, 5.41) is 38.7. The maximum Gasteiger partial charge on any atom is 0.123 e. The quantitative estimate of drug-likeness (QED) is 0.163. The number of nitrogens with zero attached hydrogens (tertiary/aromatic N) is 3. The van der Waals surface area contributed by atoms with E-state index in [0.29, 0.717) is 18.7 Å². The van der Waals surface area contributed by atoms with Crippen LogP contribution in [0.2, 0.25) is 0 Å². The fourth-order valence-electron chi connectivity index (χ4n) is 5.95. The first-order valence-corrected chi connectivity index (χ1v) is 15.0. The van der Waals surface area contributed by atoms with E-state index in [1.165, 1.54) is 12.1 Å². The SMILES string of the molecule is CNCC(O)C(c1cccc(C#N)c1)n1ccc2ccccc21.CNCC(O)C(c1cccc(F)c1)n1ccc2ccccc21. The molecule has 0 fully saturated rings. The van der Waals surface area contributed by atoms with Crippen molar-refractivity contribution in [2.24, 2.45) is 0 Å². The van der Waals surface area contributed by atoms with Crippen molar-refractivity contribution in [3.05, 3.63) is 144 Å². The van der Waals surface area contributed by atoms with Gasteiger partial charge < -0.3 is 30.0 Å². The monoisotopic (exact) mass is 603 g/mol. The van der Waals surface area contributed by atoms with Crippen LogP contribution in [0.1, 0.15) is 28.8 Å². The number of hydrogen-bond acceptors (Lipinski definition) is 5. The number of fused-ring (bicyclic) bond motifs is 2. The Hall–Kier alpha value is -4.78. The lowest BCUT2D eigenvalue weighted by Crippen LogP contribution is -2.33. The van der Waals surface area contributed by atoms with Gasteiger partial charge in [0.05, 0.1) is 35.9 Å². The maximum atomic E-state index is 13.6. The van der Waals surface area contributed by atoms with Gasteiger partial charge >= 0.3 is 0 Å². The van der Waals surface area contributed by atoms with Crippen LogP contribution in [0.5, 0.6) is 0 Å². The second-order valence-corrected chi connectivity index (χ2v) is 11.0. The Morgan fingerprint density at radius 2 is 1.16 bits per heavy atom. The number of hydrogen-bond donors (Lipinski definition) is 4. The van der Waals surface area contributed by atoms with E-state index in [1.54, 1.807) is 19.2 Å². The normalized spacial score (nSPS) is 13.9. The Morgan fingerprint density at radius 1 is 0.667 bits per heavy atom. The summed E-state index contributed by atoms with van der Waals surface area (Å²) in [5.41, 5.74) is 4.36. The van der Waals surface area contributed by atoms with E-state index in [0.717, 1.165) is 32.9 Å². The largest absolute Gasteiger partial charge is 0.389 e. The molecule has 4 unspecified atom stereocenters. The minimum absolute atomic E-state index is 0.254. The number of aliphatic hydroxyl groups excluding tert-OH is 2. The average Bonchev–Trinajstić information content (AvgIpc) is 3.67. The molecular weight excluding hydrogens is 565 g/mol. The number of likely N-dealkylation sites (N-methyl/N-ethyl adjacent to an activating group) is 2. The minimum atomic E-state index is -0.664. The third-order valence-corrected chi connectivity index (χ3v) is 7.96. The number of aliphatic hydroxyl groups is 2. The van der Waals surface area contributed by atoms with Crippen LogP contribution in [0, 0.1) is 17.1 Å². The summed E-state index contributed by atoms with van der Waals surface area (Å²) in [4.78, 5) is 0. The molecule has 0 saturated heterocycles. The van der Waals surface area contributed by atoms with Crippen LogP contribution in [-0.2, 0) is 0 Å². The summed E-state index contributed by atoms with van der Waals surface area (Å²) in [6.07, 6.45) is 2.67. The van der Waals surface area contributed by atoms with Crippen molar-refractivity contribution in [3.63, 3.8) is 0 Å². The fraction of sp³-hybridized carbons (Fsp3) is 0.216. The van der Waals surface area contributed by atoms with Gasteiger partial charge in [0, 0.05) is 36.5 Å². The number of nitrogens with one attached hydrogen (secondary N) is 2. The van der Waals surface area contributed by atoms with Gasteiger partial charge in [-0.25, -0.2) is 4.39 Å².